The van der Waals surface area contributed by atoms with Gasteiger partial charge in [0.25, 0.3) is 0 Å². The van der Waals surface area contributed by atoms with Crippen LogP contribution in [-0.4, -0.2) is 5.96 Å². The highest BCUT2D eigenvalue weighted by atomic mass is 35.5. The fraction of sp³-hybridized carbons (Fsp3) is 0.250. The molecule has 90 valence electrons. The predicted molar refractivity (Wildman–Crippen MR) is 70.4 cm³/mol. The molecule has 1 aromatic carbocycles. The summed E-state index contributed by atoms with van der Waals surface area (Å²) in [7, 11) is 0. The highest BCUT2D eigenvalue weighted by Crippen LogP contribution is 2.26. The third-order valence-corrected chi connectivity index (χ3v) is 2.93. The molecule has 0 radical (unpaired) electrons. The maximum atomic E-state index is 6.26. The fourth-order valence-corrected chi connectivity index (χ4v) is 1.91. The van der Waals surface area contributed by atoms with Crippen molar-refractivity contribution in [3.05, 3.63) is 46.6 Å². The van der Waals surface area contributed by atoms with Crippen molar-refractivity contribution in [1.82, 2.24) is 5.32 Å². The molecule has 5 N–H and O–H groups in total. The summed E-state index contributed by atoms with van der Waals surface area (Å²) < 4.78 is 0. The van der Waals surface area contributed by atoms with Crippen molar-refractivity contribution in [2.24, 2.45) is 16.5 Å². The first-order valence-corrected chi connectivity index (χ1v) is 5.80. The summed E-state index contributed by atoms with van der Waals surface area (Å²) in [5.41, 5.74) is 12.9. The van der Waals surface area contributed by atoms with Crippen LogP contribution in [0.25, 0.3) is 0 Å². The topological polar surface area (TPSA) is 76.4 Å². The van der Waals surface area contributed by atoms with Crippen molar-refractivity contribution in [3.8, 4) is 0 Å². The Labute approximate surface area is 105 Å². The van der Waals surface area contributed by atoms with Gasteiger partial charge in [-0.05, 0) is 30.2 Å². The fourth-order valence-electron chi connectivity index (χ4n) is 1.78. The molecule has 1 atom stereocenters. The third-order valence-electron chi connectivity index (χ3n) is 2.68. The number of guanidine groups is 1. The first-order valence-electron chi connectivity index (χ1n) is 5.42. The summed E-state index contributed by atoms with van der Waals surface area (Å²) in [5, 5.41) is 3.65. The average Bonchev–Trinajstić information content (AvgIpc) is 2.28. The largest absolute Gasteiger partial charge is 0.370 e. The van der Waals surface area contributed by atoms with E-state index in [9.17, 15) is 0 Å². The van der Waals surface area contributed by atoms with E-state index in [1.165, 1.54) is 0 Å². The van der Waals surface area contributed by atoms with E-state index in [2.05, 4.69) is 10.3 Å². The highest BCUT2D eigenvalue weighted by Gasteiger charge is 2.28. The molecule has 0 bridgehead atoms. The number of aliphatic imine (C=N–C) groups is 1. The van der Waals surface area contributed by atoms with E-state index in [1.807, 2.05) is 25.1 Å². The Hall–Kier alpha value is -1.52. The molecule has 1 aliphatic heterocycles. The maximum absolute atomic E-state index is 6.26. The number of hydrogen-bond donors (Lipinski definition) is 3. The van der Waals surface area contributed by atoms with Gasteiger partial charge < -0.3 is 11.1 Å². The van der Waals surface area contributed by atoms with Crippen LogP contribution in [0.15, 0.2) is 41.0 Å². The quantitative estimate of drug-likeness (QED) is 0.747. The number of benzene rings is 1. The first-order chi connectivity index (χ1) is 8.03. The molecule has 2 rings (SSSR count). The molecule has 0 aromatic heterocycles. The van der Waals surface area contributed by atoms with Crippen molar-refractivity contribution in [2.45, 2.75) is 19.0 Å². The van der Waals surface area contributed by atoms with Crippen LogP contribution in [0.3, 0.4) is 0 Å². The summed E-state index contributed by atoms with van der Waals surface area (Å²) in [6, 6.07) is 7.29. The lowest BCUT2D eigenvalue weighted by Gasteiger charge is -2.28. The minimum atomic E-state index is -0.911. The summed E-state index contributed by atoms with van der Waals surface area (Å²) in [6.45, 7) is 2.03. The zero-order valence-corrected chi connectivity index (χ0v) is 10.3. The molecule has 0 aliphatic carbocycles. The van der Waals surface area contributed by atoms with Crippen molar-refractivity contribution in [2.75, 3.05) is 0 Å². The standard InChI is InChI=1S/C12H15ClN4/c1-2-10-7-12(15,17-11(14)16-10)8-3-5-9(13)6-4-8/h3-7H,2,15H2,1H3,(H3,14,16,17). The van der Waals surface area contributed by atoms with Gasteiger partial charge in [-0.15, -0.1) is 0 Å². The molecule has 0 saturated heterocycles. The number of halogens is 1. The van der Waals surface area contributed by atoms with Gasteiger partial charge in [-0.25, -0.2) is 4.99 Å². The van der Waals surface area contributed by atoms with E-state index >= 15 is 0 Å². The second-order valence-electron chi connectivity index (χ2n) is 3.98. The Bertz CT molecular complexity index is 478. The van der Waals surface area contributed by atoms with Crippen LogP contribution < -0.4 is 16.8 Å². The van der Waals surface area contributed by atoms with E-state index in [-0.39, 0.29) is 0 Å². The molecule has 5 heteroatoms. The van der Waals surface area contributed by atoms with Crippen LogP contribution in [0.4, 0.5) is 0 Å². The van der Waals surface area contributed by atoms with Crippen LogP contribution in [-0.2, 0) is 5.66 Å². The molecule has 17 heavy (non-hydrogen) atoms. The number of nitrogens with two attached hydrogens (primary N) is 2. The number of allylic oxidation sites excluding steroid dienone is 1. The van der Waals surface area contributed by atoms with Gasteiger partial charge in [0.2, 0.25) is 0 Å². The normalized spacial score (nSPS) is 23.7. The molecule has 1 heterocycles. The summed E-state index contributed by atoms with van der Waals surface area (Å²) in [4.78, 5) is 4.25. The first kappa shape index (κ1) is 12.0. The van der Waals surface area contributed by atoms with E-state index in [4.69, 9.17) is 23.1 Å². The van der Waals surface area contributed by atoms with Gasteiger partial charge in [0.15, 0.2) is 11.6 Å². The summed E-state index contributed by atoms with van der Waals surface area (Å²) in [6.07, 6.45) is 2.70. The molecule has 4 nitrogen and oxygen atoms in total. The predicted octanol–water partition coefficient (Wildman–Crippen LogP) is 1.66. The molecule has 0 fully saturated rings. The monoisotopic (exact) mass is 250 g/mol. The van der Waals surface area contributed by atoms with Crippen LogP contribution in [0.2, 0.25) is 5.02 Å². The number of rotatable bonds is 2. The average molecular weight is 251 g/mol. The van der Waals surface area contributed by atoms with E-state index in [1.54, 1.807) is 12.1 Å². The minimum absolute atomic E-state index is 0.335. The van der Waals surface area contributed by atoms with E-state index in [0.29, 0.717) is 11.0 Å². The zero-order valence-electron chi connectivity index (χ0n) is 9.57. The number of hydrogen-bond acceptors (Lipinski definition) is 4. The summed E-state index contributed by atoms with van der Waals surface area (Å²) in [5.74, 6) is 0.335. The Kier molecular flexibility index (Phi) is 3.09. The van der Waals surface area contributed by atoms with Gasteiger partial charge in [0.1, 0.15) is 0 Å². The van der Waals surface area contributed by atoms with Gasteiger partial charge in [-0.1, -0.05) is 30.7 Å². The van der Waals surface area contributed by atoms with Crippen LogP contribution >= 0.6 is 11.6 Å². The lowest BCUT2D eigenvalue weighted by atomic mass is 9.98. The second-order valence-corrected chi connectivity index (χ2v) is 4.41. The number of nitrogens with one attached hydrogen (secondary N) is 1. The summed E-state index contributed by atoms with van der Waals surface area (Å²) >= 11 is 5.85. The van der Waals surface area contributed by atoms with Gasteiger partial charge >= 0.3 is 0 Å². The van der Waals surface area contributed by atoms with Gasteiger partial charge in [0.05, 0.1) is 0 Å². The Morgan fingerprint density at radius 1 is 1.35 bits per heavy atom. The molecule has 0 amide bonds. The second kappa shape index (κ2) is 4.39. The third kappa shape index (κ3) is 2.43. The molecular formula is C12H15ClN4. The van der Waals surface area contributed by atoms with Crippen molar-refractivity contribution in [1.29, 1.82) is 0 Å². The van der Waals surface area contributed by atoms with Crippen LogP contribution in [0.1, 0.15) is 18.9 Å². The zero-order chi connectivity index (χ0) is 12.5. The smallest absolute Gasteiger partial charge is 0.195 e. The van der Waals surface area contributed by atoms with Gasteiger partial charge in [-0.2, -0.15) is 0 Å². The van der Waals surface area contributed by atoms with Crippen molar-refractivity contribution < 1.29 is 0 Å². The van der Waals surface area contributed by atoms with Gasteiger partial charge in [-0.3, -0.25) is 5.73 Å². The Balaban J connectivity index is 2.43. The molecular weight excluding hydrogens is 236 g/mol. The Morgan fingerprint density at radius 3 is 2.59 bits per heavy atom. The maximum Gasteiger partial charge on any atom is 0.195 e. The molecule has 0 saturated carbocycles. The van der Waals surface area contributed by atoms with E-state index < -0.39 is 5.66 Å². The molecule has 1 aromatic rings. The van der Waals surface area contributed by atoms with Crippen molar-refractivity contribution in [3.63, 3.8) is 0 Å². The van der Waals surface area contributed by atoms with E-state index in [0.717, 1.165) is 17.7 Å². The van der Waals surface area contributed by atoms with Crippen LogP contribution in [0, 0.1) is 0 Å². The van der Waals surface area contributed by atoms with Crippen molar-refractivity contribution >= 4 is 17.6 Å². The van der Waals surface area contributed by atoms with Gasteiger partial charge in [0, 0.05) is 10.7 Å². The highest BCUT2D eigenvalue weighted by molar-refractivity contribution is 6.30. The molecule has 1 aliphatic rings. The lowest BCUT2D eigenvalue weighted by Crippen LogP contribution is -2.44. The SMILES string of the molecule is CCC1=CC(N)(c2ccc(Cl)cc2)N=C(N)N1. The Morgan fingerprint density at radius 2 is 2.00 bits per heavy atom. The van der Waals surface area contributed by atoms with Crippen LogP contribution in [0.5, 0.6) is 0 Å². The minimum Gasteiger partial charge on any atom is -0.370 e. The molecule has 1 unspecified atom stereocenters. The molecule has 0 spiro atoms. The number of nitrogens with zero attached hydrogens (tertiary/aromatic N) is 1. The lowest BCUT2D eigenvalue weighted by molar-refractivity contribution is 0.569.